The molecular weight excluding hydrogens is 428 g/mol. The first kappa shape index (κ1) is 21.3. The van der Waals surface area contributed by atoms with E-state index < -0.39 is 5.91 Å². The van der Waals surface area contributed by atoms with E-state index in [9.17, 15) is 14.4 Å². The van der Waals surface area contributed by atoms with E-state index in [0.717, 1.165) is 0 Å². The number of aromatic nitrogens is 1. The predicted octanol–water partition coefficient (Wildman–Crippen LogP) is 3.53. The third kappa shape index (κ3) is 5.01. The molecule has 3 amide bonds. The summed E-state index contributed by atoms with van der Waals surface area (Å²) >= 11 is 1.45. The Balaban J connectivity index is 1.33. The average Bonchev–Trinajstić information content (AvgIpc) is 3.54. The highest BCUT2D eigenvalue weighted by Gasteiger charge is 2.15. The molecule has 0 spiro atoms. The van der Waals surface area contributed by atoms with Crippen molar-refractivity contribution in [2.45, 2.75) is 12.8 Å². The lowest BCUT2D eigenvalue weighted by molar-refractivity contribution is -0.121. The van der Waals surface area contributed by atoms with Gasteiger partial charge in [0.25, 0.3) is 11.8 Å². The summed E-state index contributed by atoms with van der Waals surface area (Å²) < 4.78 is 5.40. The van der Waals surface area contributed by atoms with Crippen LogP contribution in [-0.2, 0) is 4.79 Å². The van der Waals surface area contributed by atoms with Crippen molar-refractivity contribution in [1.82, 2.24) is 21.2 Å². The Kier molecular flexibility index (Phi) is 6.57. The minimum absolute atomic E-state index is 0.152. The van der Waals surface area contributed by atoms with Gasteiger partial charge in [-0.2, -0.15) is 11.3 Å². The highest BCUT2D eigenvalue weighted by atomic mass is 32.1. The molecule has 0 radical (unpaired) electrons. The molecule has 9 heteroatoms. The van der Waals surface area contributed by atoms with Gasteiger partial charge in [0.1, 0.15) is 5.69 Å². The van der Waals surface area contributed by atoms with Gasteiger partial charge in [0.2, 0.25) is 5.91 Å². The van der Waals surface area contributed by atoms with E-state index in [1.807, 2.05) is 23.6 Å². The van der Waals surface area contributed by atoms with Gasteiger partial charge < -0.3 is 9.73 Å². The maximum absolute atomic E-state index is 12.8. The molecule has 1 aromatic carbocycles. The van der Waals surface area contributed by atoms with Crippen molar-refractivity contribution >= 4 is 40.0 Å². The topological polar surface area (TPSA) is 113 Å². The zero-order valence-corrected chi connectivity index (χ0v) is 17.8. The number of hydrazine groups is 1. The van der Waals surface area contributed by atoms with Gasteiger partial charge in [0, 0.05) is 29.3 Å². The molecule has 3 heterocycles. The number of furan rings is 1. The van der Waals surface area contributed by atoms with E-state index in [-0.39, 0.29) is 18.2 Å². The maximum atomic E-state index is 12.8. The predicted molar refractivity (Wildman–Crippen MR) is 121 cm³/mol. The summed E-state index contributed by atoms with van der Waals surface area (Å²) in [5.41, 5.74) is 7.00. The van der Waals surface area contributed by atoms with Gasteiger partial charge in [-0.25, -0.2) is 4.98 Å². The van der Waals surface area contributed by atoms with Gasteiger partial charge in [0.05, 0.1) is 17.3 Å². The Hall–Kier alpha value is -3.98. The van der Waals surface area contributed by atoms with Crippen molar-refractivity contribution < 1.29 is 18.8 Å². The number of rotatable bonds is 7. The molecule has 0 aliphatic heterocycles. The fraction of sp³-hybridized carbons (Fsp3) is 0.130. The first-order valence-electron chi connectivity index (χ1n) is 9.95. The van der Waals surface area contributed by atoms with Crippen LogP contribution in [0.25, 0.3) is 22.4 Å². The number of nitrogens with zero attached hydrogens (tertiary/aromatic N) is 1. The lowest BCUT2D eigenvalue weighted by atomic mass is 10.1. The van der Waals surface area contributed by atoms with Crippen LogP contribution in [-0.4, -0.2) is 29.3 Å². The van der Waals surface area contributed by atoms with Crippen LogP contribution in [0.1, 0.15) is 33.6 Å². The molecule has 0 unspecified atom stereocenters. The first-order chi connectivity index (χ1) is 15.6. The first-order valence-corrected chi connectivity index (χ1v) is 10.9. The van der Waals surface area contributed by atoms with Crippen molar-refractivity contribution in [3.8, 4) is 11.5 Å². The molecule has 0 saturated carbocycles. The van der Waals surface area contributed by atoms with E-state index in [2.05, 4.69) is 21.2 Å². The molecule has 32 heavy (non-hydrogen) atoms. The minimum atomic E-state index is -0.462. The zero-order chi connectivity index (χ0) is 22.3. The summed E-state index contributed by atoms with van der Waals surface area (Å²) in [6.45, 7) is 0.359. The Morgan fingerprint density at radius 3 is 2.66 bits per heavy atom. The second-order valence-electron chi connectivity index (χ2n) is 6.92. The molecule has 3 N–H and O–H groups in total. The Bertz CT molecular complexity index is 1240. The summed E-state index contributed by atoms with van der Waals surface area (Å²) in [5.74, 6) is -0.446. The summed E-state index contributed by atoms with van der Waals surface area (Å²) in [6, 6.07) is 14.1. The van der Waals surface area contributed by atoms with Crippen LogP contribution in [0.15, 0.2) is 70.0 Å². The minimum Gasteiger partial charge on any atom is -0.463 e. The number of carbonyl (C=O) groups is 3. The molecule has 0 aliphatic rings. The SMILES string of the molecule is O=C(CCCNC(=O)c1ccsc1)NNC(=O)c1cc(-c2ccco2)nc2ccccc12. The number of hydrogen-bond donors (Lipinski definition) is 3. The number of benzene rings is 1. The van der Waals surface area contributed by atoms with E-state index in [1.54, 1.807) is 35.7 Å². The number of hydrogen-bond acceptors (Lipinski definition) is 6. The van der Waals surface area contributed by atoms with Crippen molar-refractivity contribution in [1.29, 1.82) is 0 Å². The van der Waals surface area contributed by atoms with Gasteiger partial charge in [-0.1, -0.05) is 18.2 Å². The standard InChI is InChI=1S/C23H20N4O4S/c28-21(8-3-10-24-22(29)15-9-12-32-14-15)26-27-23(30)17-13-19(20-7-4-11-31-20)25-18-6-2-1-5-16(17)18/h1-2,4-7,9,11-14H,3,8,10H2,(H,24,29)(H,26,28)(H,27,30). The third-order valence-electron chi connectivity index (χ3n) is 4.70. The summed E-state index contributed by atoms with van der Waals surface area (Å²) in [6.07, 6.45) is 2.13. The maximum Gasteiger partial charge on any atom is 0.270 e. The second-order valence-corrected chi connectivity index (χ2v) is 7.70. The summed E-state index contributed by atoms with van der Waals surface area (Å²) in [7, 11) is 0. The number of fused-ring (bicyclic) bond motifs is 1. The fourth-order valence-corrected chi connectivity index (χ4v) is 3.75. The van der Waals surface area contributed by atoms with Gasteiger partial charge in [0.15, 0.2) is 5.76 Å². The van der Waals surface area contributed by atoms with E-state index in [4.69, 9.17) is 4.42 Å². The van der Waals surface area contributed by atoms with E-state index in [1.165, 1.54) is 17.6 Å². The summed E-state index contributed by atoms with van der Waals surface area (Å²) in [5, 5.41) is 7.00. The molecule has 4 aromatic rings. The Labute approximate surface area is 187 Å². The highest BCUT2D eigenvalue weighted by molar-refractivity contribution is 7.08. The lowest BCUT2D eigenvalue weighted by Gasteiger charge is -2.11. The molecule has 0 fully saturated rings. The molecule has 0 saturated heterocycles. The monoisotopic (exact) mass is 448 g/mol. The molecule has 0 aliphatic carbocycles. The molecular formula is C23H20N4O4S. The number of para-hydroxylation sites is 1. The highest BCUT2D eigenvalue weighted by Crippen LogP contribution is 2.25. The van der Waals surface area contributed by atoms with Crippen LogP contribution in [0.5, 0.6) is 0 Å². The zero-order valence-electron chi connectivity index (χ0n) is 17.0. The third-order valence-corrected chi connectivity index (χ3v) is 5.38. The number of carbonyl (C=O) groups excluding carboxylic acids is 3. The van der Waals surface area contributed by atoms with Gasteiger partial charge in [-0.15, -0.1) is 0 Å². The van der Waals surface area contributed by atoms with Crippen LogP contribution in [0, 0.1) is 0 Å². The largest absolute Gasteiger partial charge is 0.463 e. The fourth-order valence-electron chi connectivity index (χ4n) is 3.12. The van der Waals surface area contributed by atoms with Gasteiger partial charge in [-0.05, 0) is 42.1 Å². The normalized spacial score (nSPS) is 10.6. The van der Waals surface area contributed by atoms with Crippen molar-refractivity contribution in [2.24, 2.45) is 0 Å². The Morgan fingerprint density at radius 2 is 1.88 bits per heavy atom. The van der Waals surface area contributed by atoms with Crippen molar-refractivity contribution in [3.05, 3.63) is 76.7 Å². The summed E-state index contributed by atoms with van der Waals surface area (Å²) in [4.78, 5) is 41.3. The molecule has 3 aromatic heterocycles. The quantitative estimate of drug-likeness (QED) is 0.296. The molecule has 162 valence electrons. The number of amides is 3. The molecule has 4 rings (SSSR count). The van der Waals surface area contributed by atoms with Gasteiger partial charge in [-0.3, -0.25) is 25.2 Å². The van der Waals surface area contributed by atoms with Crippen LogP contribution in [0.3, 0.4) is 0 Å². The molecule has 8 nitrogen and oxygen atoms in total. The van der Waals surface area contributed by atoms with E-state index >= 15 is 0 Å². The van der Waals surface area contributed by atoms with E-state index in [0.29, 0.717) is 46.4 Å². The van der Waals surface area contributed by atoms with Crippen molar-refractivity contribution in [2.75, 3.05) is 6.54 Å². The average molecular weight is 449 g/mol. The smallest absolute Gasteiger partial charge is 0.270 e. The molecule has 0 atom stereocenters. The van der Waals surface area contributed by atoms with Gasteiger partial charge >= 0.3 is 0 Å². The second kappa shape index (κ2) is 9.88. The van der Waals surface area contributed by atoms with Crippen molar-refractivity contribution in [3.63, 3.8) is 0 Å². The molecule has 0 bridgehead atoms. The van der Waals surface area contributed by atoms with Crippen LogP contribution in [0.4, 0.5) is 0 Å². The number of pyridine rings is 1. The van der Waals surface area contributed by atoms with Crippen LogP contribution in [0.2, 0.25) is 0 Å². The number of thiophene rings is 1. The number of nitrogens with one attached hydrogen (secondary N) is 3. The Morgan fingerprint density at radius 1 is 1.00 bits per heavy atom. The van der Waals surface area contributed by atoms with Crippen LogP contribution < -0.4 is 16.2 Å². The lowest BCUT2D eigenvalue weighted by Crippen LogP contribution is -2.42. The van der Waals surface area contributed by atoms with Crippen LogP contribution >= 0.6 is 11.3 Å².